The maximum Gasteiger partial charge on any atom is 0.573 e. The molecule has 130 valence electrons. The zero-order chi connectivity index (χ0) is 18.0. The zero-order valence-electron chi connectivity index (χ0n) is 12.1. The lowest BCUT2D eigenvalue weighted by molar-refractivity contribution is -0.274. The van der Waals surface area contributed by atoms with E-state index in [1.807, 2.05) is 0 Å². The van der Waals surface area contributed by atoms with Gasteiger partial charge in [0, 0.05) is 11.1 Å². The zero-order valence-corrected chi connectivity index (χ0v) is 13.7. The van der Waals surface area contributed by atoms with Crippen molar-refractivity contribution in [1.29, 1.82) is 0 Å². The van der Waals surface area contributed by atoms with Crippen LogP contribution in [0.2, 0.25) is 5.02 Å². The molecule has 0 unspecified atom stereocenters. The van der Waals surface area contributed by atoms with Gasteiger partial charge in [-0.2, -0.15) is 0 Å². The topological polar surface area (TPSA) is 64.6 Å². The van der Waals surface area contributed by atoms with Crippen LogP contribution in [0.3, 0.4) is 0 Å². The molecule has 24 heavy (non-hydrogen) atoms. The molecule has 0 aliphatic rings. The molecule has 0 spiro atoms. The van der Waals surface area contributed by atoms with Crippen LogP contribution >= 0.6 is 11.6 Å². The molecule has 0 fully saturated rings. The molecule has 0 aromatic heterocycles. The van der Waals surface area contributed by atoms with E-state index in [-0.39, 0.29) is 16.5 Å². The summed E-state index contributed by atoms with van der Waals surface area (Å²) in [7, 11) is -2.84. The third kappa shape index (κ3) is 4.68. The van der Waals surface area contributed by atoms with Gasteiger partial charge in [-0.1, -0.05) is 17.7 Å². The van der Waals surface area contributed by atoms with Gasteiger partial charge < -0.3 is 9.47 Å². The predicted molar refractivity (Wildman–Crippen MR) is 81.9 cm³/mol. The number of hydrogen-bond donors (Lipinski definition) is 1. The van der Waals surface area contributed by atoms with Gasteiger partial charge in [-0.15, -0.1) is 13.2 Å². The molecule has 0 radical (unpaired) electrons. The number of benzene rings is 2. The van der Waals surface area contributed by atoms with Gasteiger partial charge in [0.2, 0.25) is 0 Å². The Kier molecular flexibility index (Phi) is 5.14. The molecule has 0 aliphatic heterocycles. The highest BCUT2D eigenvalue weighted by Crippen LogP contribution is 2.31. The number of alkyl halides is 3. The fraction of sp³-hybridized carbons (Fsp3) is 0.143. The van der Waals surface area contributed by atoms with Crippen molar-refractivity contribution in [3.05, 3.63) is 47.5 Å². The Morgan fingerprint density at radius 1 is 1.12 bits per heavy atom. The second kappa shape index (κ2) is 6.78. The maximum atomic E-state index is 12.4. The van der Waals surface area contributed by atoms with Gasteiger partial charge in [-0.3, -0.25) is 4.72 Å². The molecule has 0 atom stereocenters. The van der Waals surface area contributed by atoms with Gasteiger partial charge in [0.1, 0.15) is 11.5 Å². The Labute approximate surface area is 141 Å². The number of methoxy groups -OCH3 is 1. The number of ether oxygens (including phenoxy) is 2. The van der Waals surface area contributed by atoms with Gasteiger partial charge in [-0.25, -0.2) is 8.42 Å². The van der Waals surface area contributed by atoms with E-state index in [2.05, 4.69) is 9.46 Å². The van der Waals surface area contributed by atoms with Crippen LogP contribution in [0.5, 0.6) is 11.5 Å². The standard InChI is InChI=1S/C14H11ClF3NO4S/c1-22-13-6-5-9(15)7-12(13)19-24(20,21)11-4-2-3-10(8-11)23-14(16,17)18/h2-8,19H,1H3. The summed E-state index contributed by atoms with van der Waals surface area (Å²) < 4.78 is 72.4. The smallest absolute Gasteiger partial charge is 0.495 e. The van der Waals surface area contributed by atoms with Crippen LogP contribution in [0.15, 0.2) is 47.4 Å². The number of hydrogen-bond acceptors (Lipinski definition) is 4. The van der Waals surface area contributed by atoms with E-state index in [1.54, 1.807) is 0 Å². The van der Waals surface area contributed by atoms with Gasteiger partial charge in [0.05, 0.1) is 17.7 Å². The van der Waals surface area contributed by atoms with Crippen LogP contribution in [-0.2, 0) is 10.0 Å². The molecule has 0 saturated heterocycles. The van der Waals surface area contributed by atoms with Crippen molar-refractivity contribution in [3.8, 4) is 11.5 Å². The Morgan fingerprint density at radius 2 is 1.83 bits per heavy atom. The fourth-order valence-corrected chi connectivity index (χ4v) is 3.07. The van der Waals surface area contributed by atoms with E-state index in [0.717, 1.165) is 24.3 Å². The van der Waals surface area contributed by atoms with Crippen molar-refractivity contribution in [2.24, 2.45) is 0 Å². The van der Waals surface area contributed by atoms with E-state index >= 15 is 0 Å². The minimum Gasteiger partial charge on any atom is -0.495 e. The first-order valence-electron chi connectivity index (χ1n) is 6.33. The normalized spacial score (nSPS) is 11.9. The van der Waals surface area contributed by atoms with Crippen LogP contribution < -0.4 is 14.2 Å². The molecule has 2 rings (SSSR count). The largest absolute Gasteiger partial charge is 0.573 e. The molecule has 5 nitrogen and oxygen atoms in total. The molecular weight excluding hydrogens is 371 g/mol. The van der Waals surface area contributed by atoms with E-state index < -0.39 is 27.0 Å². The molecule has 2 aromatic rings. The first kappa shape index (κ1) is 18.2. The Bertz CT molecular complexity index is 840. The van der Waals surface area contributed by atoms with Gasteiger partial charge in [0.25, 0.3) is 10.0 Å². The van der Waals surface area contributed by atoms with Crippen LogP contribution in [0.25, 0.3) is 0 Å². The number of halogens is 4. The van der Waals surface area contributed by atoms with Crippen LogP contribution in [0, 0.1) is 0 Å². The third-order valence-corrected chi connectivity index (χ3v) is 4.35. The van der Waals surface area contributed by atoms with E-state index in [4.69, 9.17) is 16.3 Å². The Hall–Kier alpha value is -2.13. The van der Waals surface area contributed by atoms with E-state index in [0.29, 0.717) is 0 Å². The van der Waals surface area contributed by atoms with Crippen LogP contribution in [0.4, 0.5) is 18.9 Å². The van der Waals surface area contributed by atoms with Crippen molar-refractivity contribution < 1.29 is 31.1 Å². The minimum atomic E-state index is -4.92. The van der Waals surface area contributed by atoms with Crippen LogP contribution in [-0.4, -0.2) is 21.9 Å². The first-order valence-corrected chi connectivity index (χ1v) is 8.19. The quantitative estimate of drug-likeness (QED) is 0.848. The summed E-state index contributed by atoms with van der Waals surface area (Å²) >= 11 is 5.81. The highest BCUT2D eigenvalue weighted by atomic mass is 35.5. The molecule has 0 amide bonds. The van der Waals surface area contributed by atoms with E-state index in [9.17, 15) is 21.6 Å². The van der Waals surface area contributed by atoms with Gasteiger partial charge in [-0.05, 0) is 30.3 Å². The molecule has 1 N–H and O–H groups in total. The average molecular weight is 382 g/mol. The molecular formula is C14H11ClF3NO4S. The summed E-state index contributed by atoms with van der Waals surface area (Å²) in [5.41, 5.74) is 0.0483. The number of nitrogens with one attached hydrogen (secondary N) is 1. The van der Waals surface area contributed by atoms with Crippen molar-refractivity contribution in [2.75, 3.05) is 11.8 Å². The third-order valence-electron chi connectivity index (χ3n) is 2.76. The highest BCUT2D eigenvalue weighted by Gasteiger charge is 2.31. The summed E-state index contributed by atoms with van der Waals surface area (Å²) in [6.45, 7) is 0. The fourth-order valence-electron chi connectivity index (χ4n) is 1.80. The molecule has 0 saturated carbocycles. The first-order chi connectivity index (χ1) is 11.1. The van der Waals surface area contributed by atoms with Gasteiger partial charge >= 0.3 is 6.36 Å². The summed E-state index contributed by atoms with van der Waals surface area (Å²) in [5, 5.41) is 0.252. The second-order valence-electron chi connectivity index (χ2n) is 4.47. The Balaban J connectivity index is 2.35. The molecule has 0 heterocycles. The highest BCUT2D eigenvalue weighted by molar-refractivity contribution is 7.92. The molecule has 0 aliphatic carbocycles. The summed E-state index contributed by atoms with van der Waals surface area (Å²) in [6, 6.07) is 8.26. The van der Waals surface area contributed by atoms with Crippen molar-refractivity contribution in [1.82, 2.24) is 0 Å². The lowest BCUT2D eigenvalue weighted by atomic mass is 10.3. The number of sulfonamides is 1. The lowest BCUT2D eigenvalue weighted by Crippen LogP contribution is -2.18. The van der Waals surface area contributed by atoms with Crippen molar-refractivity contribution in [3.63, 3.8) is 0 Å². The SMILES string of the molecule is COc1ccc(Cl)cc1NS(=O)(=O)c1cccc(OC(F)(F)F)c1. The second-order valence-corrected chi connectivity index (χ2v) is 6.59. The van der Waals surface area contributed by atoms with Gasteiger partial charge in [0.15, 0.2) is 0 Å². The lowest BCUT2D eigenvalue weighted by Gasteiger charge is -2.13. The van der Waals surface area contributed by atoms with Crippen molar-refractivity contribution >= 4 is 27.3 Å². The van der Waals surface area contributed by atoms with Crippen LogP contribution in [0.1, 0.15) is 0 Å². The van der Waals surface area contributed by atoms with Crippen molar-refractivity contribution in [2.45, 2.75) is 11.3 Å². The van der Waals surface area contributed by atoms with E-state index in [1.165, 1.54) is 25.3 Å². The summed E-state index contributed by atoms with van der Waals surface area (Å²) in [5.74, 6) is -0.450. The molecule has 0 bridgehead atoms. The summed E-state index contributed by atoms with van der Waals surface area (Å²) in [4.78, 5) is -0.411. The predicted octanol–water partition coefficient (Wildman–Crippen LogP) is 4.05. The average Bonchev–Trinajstić information content (AvgIpc) is 2.45. The summed E-state index contributed by atoms with van der Waals surface area (Å²) in [6.07, 6.45) is -4.92. The number of rotatable bonds is 5. The Morgan fingerprint density at radius 3 is 2.46 bits per heavy atom. The number of anilines is 1. The maximum absolute atomic E-state index is 12.4. The monoisotopic (exact) mass is 381 g/mol. The minimum absolute atomic E-state index is 0.0483. The molecule has 2 aromatic carbocycles. The molecule has 10 heteroatoms.